The number of ketones is 1. The molecular weight excluding hydrogens is 280 g/mol. The first-order chi connectivity index (χ1) is 10.5. The monoisotopic (exact) mass is 304 g/mol. The summed E-state index contributed by atoms with van der Waals surface area (Å²) in [5.41, 5.74) is 1.50. The fourth-order valence-electron chi connectivity index (χ4n) is 2.02. The number of Topliss-reactive ketones (excluding diaryl/α,β-unsaturated/α-hetero) is 1. The summed E-state index contributed by atoms with van der Waals surface area (Å²) in [5.74, 6) is -0.459. The molecular formula is C17H24N2O3. The Bertz CT molecular complexity index is 515. The van der Waals surface area contributed by atoms with E-state index in [4.69, 9.17) is 0 Å². The van der Waals surface area contributed by atoms with Gasteiger partial charge in [0.2, 0.25) is 0 Å². The number of carbonyl (C=O) groups is 3. The van der Waals surface area contributed by atoms with Gasteiger partial charge in [0.05, 0.1) is 0 Å². The second-order valence-electron chi connectivity index (χ2n) is 5.31. The Morgan fingerprint density at radius 1 is 0.864 bits per heavy atom. The normalized spacial score (nSPS) is 10.1. The van der Waals surface area contributed by atoms with Crippen molar-refractivity contribution in [2.75, 3.05) is 13.1 Å². The van der Waals surface area contributed by atoms with Crippen LogP contribution >= 0.6 is 0 Å². The Morgan fingerprint density at radius 2 is 1.32 bits per heavy atom. The van der Waals surface area contributed by atoms with Gasteiger partial charge in [0, 0.05) is 30.6 Å². The van der Waals surface area contributed by atoms with E-state index >= 15 is 0 Å². The van der Waals surface area contributed by atoms with Crippen molar-refractivity contribution in [3.05, 3.63) is 34.9 Å². The molecule has 0 atom stereocenters. The van der Waals surface area contributed by atoms with Gasteiger partial charge in [-0.05, 0) is 43.5 Å². The number of benzene rings is 1. The summed E-state index contributed by atoms with van der Waals surface area (Å²) < 4.78 is 0. The molecule has 0 fully saturated rings. The van der Waals surface area contributed by atoms with Gasteiger partial charge in [-0.15, -0.1) is 0 Å². The highest BCUT2D eigenvalue weighted by Gasteiger charge is 2.13. The van der Waals surface area contributed by atoms with E-state index in [-0.39, 0.29) is 24.0 Å². The summed E-state index contributed by atoms with van der Waals surface area (Å²) in [6.07, 6.45) is 1.88. The zero-order chi connectivity index (χ0) is 16.5. The molecule has 5 nitrogen and oxygen atoms in total. The van der Waals surface area contributed by atoms with Gasteiger partial charge in [0.15, 0.2) is 0 Å². The van der Waals surface area contributed by atoms with E-state index in [1.165, 1.54) is 6.92 Å². The summed E-state index contributed by atoms with van der Waals surface area (Å²) in [4.78, 5) is 35.5. The molecule has 0 unspecified atom stereocenters. The molecule has 0 aliphatic rings. The number of amides is 2. The van der Waals surface area contributed by atoms with Gasteiger partial charge in [0.25, 0.3) is 11.8 Å². The minimum atomic E-state index is -0.225. The van der Waals surface area contributed by atoms with Gasteiger partial charge in [-0.3, -0.25) is 14.4 Å². The van der Waals surface area contributed by atoms with Gasteiger partial charge in [0.1, 0.15) is 5.78 Å². The molecule has 2 N–H and O–H groups in total. The first-order valence-electron chi connectivity index (χ1n) is 7.67. The molecule has 0 saturated heterocycles. The van der Waals surface area contributed by atoms with E-state index in [0.717, 1.165) is 12.8 Å². The standard InChI is InChI=1S/C17H24N2O3/c1-4-6-18-16(21)14-9-13(8-12(3)20)10-15(11-14)17(22)19-7-5-2/h9-11H,4-8H2,1-3H3,(H,18,21)(H,19,22). The third-order valence-electron chi connectivity index (χ3n) is 3.04. The van der Waals surface area contributed by atoms with Crippen LogP contribution in [0, 0.1) is 0 Å². The van der Waals surface area contributed by atoms with Gasteiger partial charge in [-0.2, -0.15) is 0 Å². The highest BCUT2D eigenvalue weighted by molar-refractivity contribution is 6.00. The van der Waals surface area contributed by atoms with E-state index in [9.17, 15) is 14.4 Å². The average Bonchev–Trinajstić information content (AvgIpc) is 2.49. The molecule has 1 aromatic carbocycles. The minimum Gasteiger partial charge on any atom is -0.352 e. The number of hydrogen-bond acceptors (Lipinski definition) is 3. The molecule has 1 rings (SSSR count). The lowest BCUT2D eigenvalue weighted by atomic mass is 10.0. The maximum Gasteiger partial charge on any atom is 0.251 e. The molecule has 1 aromatic rings. The van der Waals surface area contributed by atoms with Crippen molar-refractivity contribution >= 4 is 17.6 Å². The van der Waals surface area contributed by atoms with Crippen LogP contribution < -0.4 is 10.6 Å². The van der Waals surface area contributed by atoms with Crippen LogP contribution in [0.25, 0.3) is 0 Å². The minimum absolute atomic E-state index is 0.00830. The van der Waals surface area contributed by atoms with E-state index < -0.39 is 0 Å². The zero-order valence-corrected chi connectivity index (χ0v) is 13.5. The SMILES string of the molecule is CCCNC(=O)c1cc(CC(C)=O)cc(C(=O)NCCC)c1. The smallest absolute Gasteiger partial charge is 0.251 e. The van der Waals surface area contributed by atoms with Crippen LogP contribution in [0.1, 0.15) is 59.9 Å². The van der Waals surface area contributed by atoms with Crippen molar-refractivity contribution in [3.63, 3.8) is 0 Å². The van der Waals surface area contributed by atoms with Crippen LogP contribution in [0.3, 0.4) is 0 Å². The molecule has 0 spiro atoms. The van der Waals surface area contributed by atoms with Gasteiger partial charge >= 0.3 is 0 Å². The van der Waals surface area contributed by atoms with Crippen molar-refractivity contribution in [2.45, 2.75) is 40.0 Å². The van der Waals surface area contributed by atoms with E-state index in [1.807, 2.05) is 13.8 Å². The highest BCUT2D eigenvalue weighted by atomic mass is 16.2. The molecule has 22 heavy (non-hydrogen) atoms. The number of hydrogen-bond donors (Lipinski definition) is 2. The Balaban J connectivity index is 3.06. The van der Waals surface area contributed by atoms with E-state index in [0.29, 0.717) is 29.8 Å². The van der Waals surface area contributed by atoms with Crippen LogP contribution in [-0.2, 0) is 11.2 Å². The summed E-state index contributed by atoms with van der Waals surface area (Å²) in [7, 11) is 0. The van der Waals surface area contributed by atoms with Crippen molar-refractivity contribution in [3.8, 4) is 0 Å². The predicted octanol–water partition coefficient (Wildman–Crippen LogP) is 2.10. The fraction of sp³-hybridized carbons (Fsp3) is 0.471. The van der Waals surface area contributed by atoms with Crippen molar-refractivity contribution in [1.29, 1.82) is 0 Å². The lowest BCUT2D eigenvalue weighted by molar-refractivity contribution is -0.116. The topological polar surface area (TPSA) is 75.3 Å². The Labute approximate surface area is 131 Å². The average molecular weight is 304 g/mol. The lowest BCUT2D eigenvalue weighted by Gasteiger charge is -2.10. The second kappa shape index (κ2) is 8.97. The zero-order valence-electron chi connectivity index (χ0n) is 13.5. The Hall–Kier alpha value is -2.17. The van der Waals surface area contributed by atoms with Gasteiger partial charge in [-0.1, -0.05) is 13.8 Å². The maximum atomic E-state index is 12.1. The maximum absolute atomic E-state index is 12.1. The molecule has 0 saturated carbocycles. The molecule has 0 aliphatic carbocycles. The summed E-state index contributed by atoms with van der Waals surface area (Å²) in [5, 5.41) is 5.57. The molecule has 5 heteroatoms. The van der Waals surface area contributed by atoms with Crippen LogP contribution in [0.4, 0.5) is 0 Å². The van der Waals surface area contributed by atoms with Crippen LogP contribution in [0.15, 0.2) is 18.2 Å². The molecule has 120 valence electrons. The van der Waals surface area contributed by atoms with Gasteiger partial charge in [-0.25, -0.2) is 0 Å². The predicted molar refractivity (Wildman–Crippen MR) is 86.1 cm³/mol. The summed E-state index contributed by atoms with van der Waals surface area (Å²) >= 11 is 0. The van der Waals surface area contributed by atoms with Crippen molar-refractivity contribution in [1.82, 2.24) is 10.6 Å². The Kier molecular flexibility index (Phi) is 7.29. The molecule has 2 amide bonds. The molecule has 0 aliphatic heterocycles. The third kappa shape index (κ3) is 5.68. The van der Waals surface area contributed by atoms with E-state index in [1.54, 1.807) is 18.2 Å². The van der Waals surface area contributed by atoms with Crippen LogP contribution in [0.5, 0.6) is 0 Å². The number of rotatable bonds is 8. The molecule has 0 bridgehead atoms. The fourth-order valence-corrected chi connectivity index (χ4v) is 2.02. The van der Waals surface area contributed by atoms with Gasteiger partial charge < -0.3 is 10.6 Å². The Morgan fingerprint density at radius 3 is 1.68 bits per heavy atom. The highest BCUT2D eigenvalue weighted by Crippen LogP contribution is 2.12. The molecule has 0 radical (unpaired) electrons. The molecule has 0 heterocycles. The van der Waals surface area contributed by atoms with Crippen LogP contribution in [-0.4, -0.2) is 30.7 Å². The van der Waals surface area contributed by atoms with Crippen LogP contribution in [0.2, 0.25) is 0 Å². The van der Waals surface area contributed by atoms with Crippen molar-refractivity contribution < 1.29 is 14.4 Å². The number of nitrogens with one attached hydrogen (secondary N) is 2. The van der Waals surface area contributed by atoms with Crippen molar-refractivity contribution in [2.24, 2.45) is 0 Å². The third-order valence-corrected chi connectivity index (χ3v) is 3.04. The first-order valence-corrected chi connectivity index (χ1v) is 7.67. The first kappa shape index (κ1) is 17.9. The molecule has 0 aromatic heterocycles. The second-order valence-corrected chi connectivity index (χ2v) is 5.31. The summed E-state index contributed by atoms with van der Waals surface area (Å²) in [6.45, 7) is 6.58. The quantitative estimate of drug-likeness (QED) is 0.772. The number of carbonyl (C=O) groups excluding carboxylic acids is 3. The largest absolute Gasteiger partial charge is 0.352 e. The van der Waals surface area contributed by atoms with E-state index in [2.05, 4.69) is 10.6 Å². The summed E-state index contributed by atoms with van der Waals surface area (Å²) in [6, 6.07) is 4.91. The lowest BCUT2D eigenvalue weighted by Crippen LogP contribution is -2.27.